The van der Waals surface area contributed by atoms with E-state index in [1.165, 1.54) is 27.6 Å². The van der Waals surface area contributed by atoms with Gasteiger partial charge < -0.3 is 9.88 Å². The predicted octanol–water partition coefficient (Wildman–Crippen LogP) is 4.32. The van der Waals surface area contributed by atoms with Gasteiger partial charge in [-0.15, -0.1) is 12.4 Å². The zero-order valence-corrected chi connectivity index (χ0v) is 12.6. The van der Waals surface area contributed by atoms with Gasteiger partial charge in [0, 0.05) is 18.3 Å². The van der Waals surface area contributed by atoms with Crippen molar-refractivity contribution in [2.24, 2.45) is 0 Å². The molecule has 0 aliphatic rings. The van der Waals surface area contributed by atoms with Gasteiger partial charge >= 0.3 is 0 Å². The second-order valence-electron chi connectivity index (χ2n) is 5.17. The highest BCUT2D eigenvalue weighted by atomic mass is 35.5. The Morgan fingerprint density at radius 1 is 1.00 bits per heavy atom. The monoisotopic (exact) mass is 286 g/mol. The molecule has 1 heterocycles. The number of aromatic nitrogens is 1. The van der Waals surface area contributed by atoms with Crippen molar-refractivity contribution in [1.82, 2.24) is 9.88 Å². The van der Waals surface area contributed by atoms with Gasteiger partial charge in [0.1, 0.15) is 0 Å². The Morgan fingerprint density at radius 3 is 2.60 bits per heavy atom. The van der Waals surface area contributed by atoms with E-state index >= 15 is 0 Å². The van der Waals surface area contributed by atoms with E-state index < -0.39 is 0 Å². The first-order chi connectivity index (χ1) is 9.24. The Morgan fingerprint density at radius 2 is 1.80 bits per heavy atom. The summed E-state index contributed by atoms with van der Waals surface area (Å²) < 4.78 is 0. The molecule has 0 aliphatic carbocycles. The number of hydrogen-bond donors (Lipinski definition) is 1. The lowest BCUT2D eigenvalue weighted by Crippen LogP contribution is -2.11. The number of nitrogens with one attached hydrogen (secondary N) is 1. The Balaban J connectivity index is 0.00000147. The Bertz CT molecular complexity index is 701. The normalized spacial score (nSPS) is 10.8. The van der Waals surface area contributed by atoms with Crippen molar-refractivity contribution in [2.45, 2.75) is 6.54 Å². The fourth-order valence-corrected chi connectivity index (χ4v) is 2.50. The number of H-pyrrole nitrogens is 1. The number of hydrogen-bond acceptors (Lipinski definition) is 1. The number of aromatic amines is 1. The SMILES string of the molecule is CN(C)Cc1ccccc1-c1ccc2[nH]ccc2c1.Cl. The molecule has 0 radical (unpaired) electrons. The fourth-order valence-electron chi connectivity index (χ4n) is 2.50. The summed E-state index contributed by atoms with van der Waals surface area (Å²) in [6, 6.07) is 17.3. The largest absolute Gasteiger partial charge is 0.361 e. The van der Waals surface area contributed by atoms with Crippen molar-refractivity contribution in [2.75, 3.05) is 14.1 Å². The molecule has 20 heavy (non-hydrogen) atoms. The summed E-state index contributed by atoms with van der Waals surface area (Å²) in [7, 11) is 4.21. The minimum Gasteiger partial charge on any atom is -0.361 e. The molecule has 0 spiro atoms. The van der Waals surface area contributed by atoms with Crippen LogP contribution in [-0.4, -0.2) is 24.0 Å². The number of nitrogens with zero attached hydrogens (tertiary/aromatic N) is 1. The lowest BCUT2D eigenvalue weighted by Gasteiger charge is -2.14. The van der Waals surface area contributed by atoms with Crippen molar-refractivity contribution >= 4 is 23.3 Å². The molecule has 0 fully saturated rings. The smallest absolute Gasteiger partial charge is 0.0454 e. The average Bonchev–Trinajstić information content (AvgIpc) is 2.86. The molecular formula is C17H19ClN2. The summed E-state index contributed by atoms with van der Waals surface area (Å²) in [4.78, 5) is 5.44. The maximum absolute atomic E-state index is 3.24. The summed E-state index contributed by atoms with van der Waals surface area (Å²) in [6.45, 7) is 0.960. The zero-order valence-electron chi connectivity index (χ0n) is 11.8. The van der Waals surface area contributed by atoms with Crippen LogP contribution in [-0.2, 0) is 6.54 Å². The molecule has 104 valence electrons. The quantitative estimate of drug-likeness (QED) is 0.760. The van der Waals surface area contributed by atoms with Gasteiger partial charge in [0.25, 0.3) is 0 Å². The first-order valence-electron chi connectivity index (χ1n) is 6.54. The van der Waals surface area contributed by atoms with Gasteiger partial charge in [-0.05, 0) is 54.4 Å². The van der Waals surface area contributed by atoms with Crippen LogP contribution < -0.4 is 0 Å². The van der Waals surface area contributed by atoms with Gasteiger partial charge in [-0.1, -0.05) is 30.3 Å². The molecule has 2 aromatic carbocycles. The highest BCUT2D eigenvalue weighted by Gasteiger charge is 2.06. The van der Waals surface area contributed by atoms with Crippen LogP contribution in [0.3, 0.4) is 0 Å². The van der Waals surface area contributed by atoms with Crippen LogP contribution in [0.4, 0.5) is 0 Å². The molecule has 0 saturated carbocycles. The molecule has 0 atom stereocenters. The van der Waals surface area contributed by atoms with Crippen molar-refractivity contribution in [3.63, 3.8) is 0 Å². The van der Waals surface area contributed by atoms with Crippen LogP contribution in [0.15, 0.2) is 54.7 Å². The lowest BCUT2D eigenvalue weighted by atomic mass is 9.98. The Hall–Kier alpha value is -1.77. The Kier molecular flexibility index (Phi) is 4.48. The predicted molar refractivity (Wildman–Crippen MR) is 88.4 cm³/mol. The van der Waals surface area contributed by atoms with Crippen molar-refractivity contribution in [1.29, 1.82) is 0 Å². The average molecular weight is 287 g/mol. The first-order valence-corrected chi connectivity index (χ1v) is 6.54. The number of fused-ring (bicyclic) bond motifs is 1. The van der Waals surface area contributed by atoms with Crippen LogP contribution in [0.1, 0.15) is 5.56 Å². The maximum Gasteiger partial charge on any atom is 0.0454 e. The van der Waals surface area contributed by atoms with E-state index in [1.54, 1.807) is 0 Å². The van der Waals surface area contributed by atoms with Gasteiger partial charge in [0.2, 0.25) is 0 Å². The summed E-state index contributed by atoms with van der Waals surface area (Å²) in [5.74, 6) is 0. The van der Waals surface area contributed by atoms with Crippen LogP contribution >= 0.6 is 12.4 Å². The van der Waals surface area contributed by atoms with Gasteiger partial charge in [0.05, 0.1) is 0 Å². The molecule has 0 amide bonds. The van der Waals surface area contributed by atoms with E-state index in [0.29, 0.717) is 0 Å². The molecule has 1 N–H and O–H groups in total. The number of rotatable bonds is 3. The van der Waals surface area contributed by atoms with E-state index in [4.69, 9.17) is 0 Å². The highest BCUT2D eigenvalue weighted by molar-refractivity contribution is 5.86. The van der Waals surface area contributed by atoms with E-state index in [-0.39, 0.29) is 12.4 Å². The zero-order chi connectivity index (χ0) is 13.2. The summed E-state index contributed by atoms with van der Waals surface area (Å²) in [5.41, 5.74) is 5.15. The summed E-state index contributed by atoms with van der Waals surface area (Å²) in [6.07, 6.45) is 1.99. The second kappa shape index (κ2) is 6.12. The Labute approximate surface area is 125 Å². The maximum atomic E-state index is 3.24. The molecule has 0 unspecified atom stereocenters. The third-order valence-electron chi connectivity index (χ3n) is 3.37. The summed E-state index contributed by atoms with van der Waals surface area (Å²) >= 11 is 0. The van der Waals surface area contributed by atoms with Gasteiger partial charge in [0.15, 0.2) is 0 Å². The van der Waals surface area contributed by atoms with Crippen LogP contribution in [0, 0.1) is 0 Å². The first kappa shape index (κ1) is 14.6. The van der Waals surface area contributed by atoms with Crippen LogP contribution in [0.25, 0.3) is 22.0 Å². The molecule has 1 aromatic heterocycles. The topological polar surface area (TPSA) is 19.0 Å². The molecule has 3 heteroatoms. The lowest BCUT2D eigenvalue weighted by molar-refractivity contribution is 0.403. The number of halogens is 1. The summed E-state index contributed by atoms with van der Waals surface area (Å²) in [5, 5.41) is 1.26. The third-order valence-corrected chi connectivity index (χ3v) is 3.37. The molecule has 2 nitrogen and oxygen atoms in total. The van der Waals surface area contributed by atoms with Gasteiger partial charge in [-0.2, -0.15) is 0 Å². The van der Waals surface area contributed by atoms with E-state index in [9.17, 15) is 0 Å². The van der Waals surface area contributed by atoms with Crippen molar-refractivity contribution in [3.8, 4) is 11.1 Å². The molecule has 0 aliphatic heterocycles. The second-order valence-corrected chi connectivity index (χ2v) is 5.17. The van der Waals surface area contributed by atoms with E-state index in [0.717, 1.165) is 6.54 Å². The standard InChI is InChI=1S/C17H18N2.ClH/c1-19(2)12-15-5-3-4-6-16(15)13-7-8-17-14(11-13)9-10-18-17;/h3-11,18H,12H2,1-2H3;1H. The van der Waals surface area contributed by atoms with Crippen LogP contribution in [0.2, 0.25) is 0 Å². The molecule has 0 saturated heterocycles. The fraction of sp³-hybridized carbons (Fsp3) is 0.176. The van der Waals surface area contributed by atoms with Crippen molar-refractivity contribution < 1.29 is 0 Å². The molecule has 3 aromatic rings. The highest BCUT2D eigenvalue weighted by Crippen LogP contribution is 2.27. The van der Waals surface area contributed by atoms with Gasteiger partial charge in [-0.3, -0.25) is 0 Å². The molecular weight excluding hydrogens is 268 g/mol. The van der Waals surface area contributed by atoms with Gasteiger partial charge in [-0.25, -0.2) is 0 Å². The van der Waals surface area contributed by atoms with Crippen LogP contribution in [0.5, 0.6) is 0 Å². The minimum absolute atomic E-state index is 0. The molecule has 0 bridgehead atoms. The molecule has 3 rings (SSSR count). The van der Waals surface area contributed by atoms with E-state index in [2.05, 4.69) is 72.5 Å². The van der Waals surface area contributed by atoms with E-state index in [1.807, 2.05) is 6.20 Å². The minimum atomic E-state index is 0. The number of benzene rings is 2. The van der Waals surface area contributed by atoms with Crippen molar-refractivity contribution in [3.05, 3.63) is 60.3 Å². The third kappa shape index (κ3) is 2.87.